The van der Waals surface area contributed by atoms with Crippen LogP contribution in [0.3, 0.4) is 0 Å². The Kier molecular flexibility index (Phi) is 3.36. The average molecular weight is 236 g/mol. The lowest BCUT2D eigenvalue weighted by atomic mass is 10.1. The van der Waals surface area contributed by atoms with Crippen LogP contribution in [0.25, 0.3) is 0 Å². The van der Waals surface area contributed by atoms with E-state index in [4.69, 9.17) is 21.6 Å². The molecule has 0 aliphatic heterocycles. The summed E-state index contributed by atoms with van der Waals surface area (Å²) in [6.07, 6.45) is 3.75. The summed E-state index contributed by atoms with van der Waals surface area (Å²) >= 11 is 5.94. The van der Waals surface area contributed by atoms with Crippen LogP contribution in [0, 0.1) is 17.2 Å². The van der Waals surface area contributed by atoms with Crippen molar-refractivity contribution >= 4 is 11.6 Å². The van der Waals surface area contributed by atoms with Crippen molar-refractivity contribution < 1.29 is 4.74 Å². The molecule has 2 atom stereocenters. The molecule has 0 aromatic heterocycles. The highest BCUT2D eigenvalue weighted by molar-refractivity contribution is 6.31. The zero-order chi connectivity index (χ0) is 11.5. The summed E-state index contributed by atoms with van der Waals surface area (Å²) in [7, 11) is 0. The third-order valence-corrected chi connectivity index (χ3v) is 3.32. The standard InChI is InChI=1S/C13H14ClNO/c1-9-2-4-11(6-9)16-12-5-3-10(8-15)13(14)7-12/h3,5,7,9,11H,2,4,6H2,1H3. The minimum Gasteiger partial charge on any atom is -0.490 e. The minimum atomic E-state index is 0.305. The van der Waals surface area contributed by atoms with Gasteiger partial charge in [-0.1, -0.05) is 18.5 Å². The molecule has 0 bridgehead atoms. The molecular formula is C13H14ClNO. The fourth-order valence-electron chi connectivity index (χ4n) is 2.11. The lowest BCUT2D eigenvalue weighted by Crippen LogP contribution is -2.11. The molecule has 0 spiro atoms. The molecule has 0 radical (unpaired) electrons. The van der Waals surface area contributed by atoms with Gasteiger partial charge in [0.15, 0.2) is 0 Å². The van der Waals surface area contributed by atoms with E-state index in [2.05, 4.69) is 6.92 Å². The smallest absolute Gasteiger partial charge is 0.121 e. The Labute approximate surface area is 101 Å². The lowest BCUT2D eigenvalue weighted by Gasteiger charge is -2.13. The van der Waals surface area contributed by atoms with Gasteiger partial charge in [-0.2, -0.15) is 5.26 Å². The molecule has 0 saturated heterocycles. The molecule has 0 amide bonds. The van der Waals surface area contributed by atoms with Gasteiger partial charge in [0.25, 0.3) is 0 Å². The van der Waals surface area contributed by atoms with Crippen molar-refractivity contribution in [2.75, 3.05) is 0 Å². The molecule has 16 heavy (non-hydrogen) atoms. The highest BCUT2D eigenvalue weighted by Crippen LogP contribution is 2.30. The van der Waals surface area contributed by atoms with Crippen LogP contribution in [0.15, 0.2) is 18.2 Å². The van der Waals surface area contributed by atoms with E-state index in [1.54, 1.807) is 12.1 Å². The summed E-state index contributed by atoms with van der Waals surface area (Å²) in [5.41, 5.74) is 0.494. The SMILES string of the molecule is CC1CCC(Oc2ccc(C#N)c(Cl)c2)C1. The number of ether oxygens (including phenoxy) is 1. The highest BCUT2D eigenvalue weighted by atomic mass is 35.5. The molecule has 0 heterocycles. The van der Waals surface area contributed by atoms with Gasteiger partial charge >= 0.3 is 0 Å². The Morgan fingerprint density at radius 2 is 2.25 bits per heavy atom. The van der Waals surface area contributed by atoms with Gasteiger partial charge in [-0.25, -0.2) is 0 Å². The number of nitrogens with zero attached hydrogens (tertiary/aromatic N) is 1. The third-order valence-electron chi connectivity index (χ3n) is 3.01. The fourth-order valence-corrected chi connectivity index (χ4v) is 2.33. The Balaban J connectivity index is 2.05. The summed E-state index contributed by atoms with van der Waals surface area (Å²) in [4.78, 5) is 0. The second-order valence-corrected chi connectivity index (χ2v) is 4.82. The van der Waals surface area contributed by atoms with Crippen molar-refractivity contribution in [3.63, 3.8) is 0 Å². The Bertz CT molecular complexity index is 424. The molecule has 1 aromatic carbocycles. The van der Waals surface area contributed by atoms with Gasteiger partial charge in [0.1, 0.15) is 11.8 Å². The van der Waals surface area contributed by atoms with Crippen molar-refractivity contribution in [1.29, 1.82) is 5.26 Å². The molecule has 1 aliphatic carbocycles. The maximum Gasteiger partial charge on any atom is 0.121 e. The maximum atomic E-state index is 8.75. The molecule has 2 rings (SSSR count). The molecule has 1 saturated carbocycles. The second-order valence-electron chi connectivity index (χ2n) is 4.41. The molecular weight excluding hydrogens is 222 g/mol. The van der Waals surface area contributed by atoms with E-state index < -0.39 is 0 Å². The lowest BCUT2D eigenvalue weighted by molar-refractivity contribution is 0.205. The van der Waals surface area contributed by atoms with E-state index in [0.29, 0.717) is 16.7 Å². The van der Waals surface area contributed by atoms with Crippen LogP contribution in [0.1, 0.15) is 31.7 Å². The van der Waals surface area contributed by atoms with Crippen LogP contribution in [0.4, 0.5) is 0 Å². The minimum absolute atomic E-state index is 0.305. The van der Waals surface area contributed by atoms with E-state index in [1.807, 2.05) is 12.1 Å². The Hall–Kier alpha value is -1.20. The van der Waals surface area contributed by atoms with Crippen LogP contribution < -0.4 is 4.74 Å². The summed E-state index contributed by atoms with van der Waals surface area (Å²) in [5, 5.41) is 9.22. The average Bonchev–Trinajstić information content (AvgIpc) is 2.64. The van der Waals surface area contributed by atoms with Crippen molar-refractivity contribution in [2.24, 2.45) is 5.92 Å². The highest BCUT2D eigenvalue weighted by Gasteiger charge is 2.22. The molecule has 1 aliphatic rings. The van der Waals surface area contributed by atoms with E-state index in [1.165, 1.54) is 6.42 Å². The summed E-state index contributed by atoms with van der Waals surface area (Å²) in [6.45, 7) is 2.25. The first-order valence-electron chi connectivity index (χ1n) is 5.55. The van der Waals surface area contributed by atoms with E-state index in [0.717, 1.165) is 24.5 Å². The first-order valence-corrected chi connectivity index (χ1v) is 5.93. The van der Waals surface area contributed by atoms with Crippen LogP contribution in [-0.4, -0.2) is 6.10 Å². The van der Waals surface area contributed by atoms with Gasteiger partial charge in [-0.15, -0.1) is 0 Å². The van der Waals surface area contributed by atoms with Gasteiger partial charge in [0.2, 0.25) is 0 Å². The van der Waals surface area contributed by atoms with Crippen molar-refractivity contribution in [3.05, 3.63) is 28.8 Å². The van der Waals surface area contributed by atoms with Crippen LogP contribution in [0.2, 0.25) is 5.02 Å². The van der Waals surface area contributed by atoms with E-state index in [-0.39, 0.29) is 0 Å². The fraction of sp³-hybridized carbons (Fsp3) is 0.462. The van der Waals surface area contributed by atoms with Gasteiger partial charge < -0.3 is 4.74 Å². The maximum absolute atomic E-state index is 8.75. The van der Waals surface area contributed by atoms with Gasteiger partial charge in [-0.3, -0.25) is 0 Å². The number of hydrogen-bond donors (Lipinski definition) is 0. The second kappa shape index (κ2) is 4.76. The first kappa shape index (κ1) is 11.3. The molecule has 1 fully saturated rings. The van der Waals surface area contributed by atoms with E-state index in [9.17, 15) is 0 Å². The summed E-state index contributed by atoms with van der Waals surface area (Å²) in [5.74, 6) is 1.52. The Morgan fingerprint density at radius 1 is 1.44 bits per heavy atom. The van der Waals surface area contributed by atoms with Crippen molar-refractivity contribution in [1.82, 2.24) is 0 Å². The normalized spacial score (nSPS) is 24.1. The third kappa shape index (κ3) is 2.48. The van der Waals surface area contributed by atoms with Gasteiger partial charge in [0, 0.05) is 6.07 Å². The predicted molar refractivity (Wildman–Crippen MR) is 63.6 cm³/mol. The number of halogens is 1. The van der Waals surface area contributed by atoms with Crippen molar-refractivity contribution in [3.8, 4) is 11.8 Å². The predicted octanol–water partition coefficient (Wildman–Crippen LogP) is 3.78. The van der Waals surface area contributed by atoms with Gasteiger partial charge in [-0.05, 0) is 37.3 Å². The molecule has 84 valence electrons. The number of hydrogen-bond acceptors (Lipinski definition) is 2. The largest absolute Gasteiger partial charge is 0.490 e. The number of nitriles is 1. The zero-order valence-electron chi connectivity index (χ0n) is 9.24. The molecule has 1 aromatic rings. The van der Waals surface area contributed by atoms with E-state index >= 15 is 0 Å². The number of benzene rings is 1. The van der Waals surface area contributed by atoms with Crippen molar-refractivity contribution in [2.45, 2.75) is 32.3 Å². The van der Waals surface area contributed by atoms with Crippen LogP contribution >= 0.6 is 11.6 Å². The molecule has 2 unspecified atom stereocenters. The molecule has 0 N–H and O–H groups in total. The van der Waals surface area contributed by atoms with Crippen LogP contribution in [0.5, 0.6) is 5.75 Å². The molecule has 2 nitrogen and oxygen atoms in total. The summed E-state index contributed by atoms with van der Waals surface area (Å²) < 4.78 is 5.83. The topological polar surface area (TPSA) is 33.0 Å². The first-order chi connectivity index (χ1) is 7.69. The zero-order valence-corrected chi connectivity index (χ0v) is 10.00. The monoisotopic (exact) mass is 235 g/mol. The van der Waals surface area contributed by atoms with Crippen LogP contribution in [-0.2, 0) is 0 Å². The number of rotatable bonds is 2. The summed E-state index contributed by atoms with van der Waals surface area (Å²) in [6, 6.07) is 7.28. The Morgan fingerprint density at radius 3 is 2.81 bits per heavy atom. The quantitative estimate of drug-likeness (QED) is 0.782. The van der Waals surface area contributed by atoms with Gasteiger partial charge in [0.05, 0.1) is 16.7 Å². The molecule has 3 heteroatoms.